The second-order valence-electron chi connectivity index (χ2n) is 4.45. The van der Waals surface area contributed by atoms with Crippen molar-refractivity contribution >= 4 is 28.5 Å². The number of benzene rings is 2. The lowest BCUT2D eigenvalue weighted by atomic mass is 10.3. The topological polar surface area (TPSA) is 64.1 Å². The first-order valence-electron chi connectivity index (χ1n) is 6.72. The number of nitrogens with zero attached hydrogens (tertiary/aromatic N) is 2. The zero-order valence-electron chi connectivity index (χ0n) is 11.8. The number of aromatic nitrogens is 2. The molecule has 5 nitrogen and oxygen atoms in total. The van der Waals surface area contributed by atoms with Gasteiger partial charge in [0, 0.05) is 6.07 Å². The summed E-state index contributed by atoms with van der Waals surface area (Å²) in [5.41, 5.74) is 0. The third-order valence-corrected chi connectivity index (χ3v) is 4.04. The number of hydrogen-bond donors (Lipinski definition) is 1. The van der Waals surface area contributed by atoms with Crippen LogP contribution in [0.1, 0.15) is 0 Å². The van der Waals surface area contributed by atoms with Gasteiger partial charge in [-0.1, -0.05) is 48.0 Å². The largest absolute Gasteiger partial charge is 0.439 e. The third-order valence-electron chi connectivity index (χ3n) is 2.78. The maximum Gasteiger partial charge on any atom is 0.239 e. The van der Waals surface area contributed by atoms with Crippen LogP contribution in [0.25, 0.3) is 0 Å². The smallest absolute Gasteiger partial charge is 0.239 e. The van der Waals surface area contributed by atoms with Gasteiger partial charge < -0.3 is 4.74 Å². The summed E-state index contributed by atoms with van der Waals surface area (Å²) in [6, 6.07) is 19.6. The summed E-state index contributed by atoms with van der Waals surface area (Å²) >= 11 is 5.98. The quantitative estimate of drug-likeness (QED) is 0.708. The van der Waals surface area contributed by atoms with E-state index >= 15 is 0 Å². The van der Waals surface area contributed by atoms with Crippen LogP contribution < -0.4 is 9.46 Å². The second kappa shape index (κ2) is 7.21. The van der Waals surface area contributed by atoms with Crippen LogP contribution in [-0.2, 0) is 11.0 Å². The minimum absolute atomic E-state index is 0.130. The highest BCUT2D eigenvalue weighted by Gasteiger charge is 2.09. The first-order chi connectivity index (χ1) is 11.2. The Morgan fingerprint density at radius 1 is 0.957 bits per heavy atom. The first kappa shape index (κ1) is 15.5. The molecule has 0 saturated carbocycles. The molecule has 23 heavy (non-hydrogen) atoms. The SMILES string of the molecule is O=S(Nc1nc(Cl)cc(Oc2ccccc2)n1)c1ccccc1. The Morgan fingerprint density at radius 3 is 2.30 bits per heavy atom. The first-order valence-corrected chi connectivity index (χ1v) is 8.24. The van der Waals surface area contributed by atoms with Crippen LogP contribution in [-0.4, -0.2) is 14.2 Å². The molecular weight excluding hydrogens is 334 g/mol. The number of anilines is 1. The Balaban J connectivity index is 1.79. The molecule has 1 heterocycles. The lowest BCUT2D eigenvalue weighted by Gasteiger charge is -2.08. The summed E-state index contributed by atoms with van der Waals surface area (Å²) < 4.78 is 20.6. The van der Waals surface area contributed by atoms with E-state index in [9.17, 15) is 4.21 Å². The van der Waals surface area contributed by atoms with Gasteiger partial charge in [-0.25, -0.2) is 9.19 Å². The fraction of sp³-hybridized carbons (Fsp3) is 0. The van der Waals surface area contributed by atoms with Crippen LogP contribution in [0.15, 0.2) is 71.6 Å². The molecule has 3 rings (SSSR count). The van der Waals surface area contributed by atoms with E-state index in [0.29, 0.717) is 10.6 Å². The molecule has 7 heteroatoms. The number of para-hydroxylation sites is 1. The van der Waals surface area contributed by atoms with E-state index < -0.39 is 11.0 Å². The van der Waals surface area contributed by atoms with Gasteiger partial charge in [0.15, 0.2) is 11.0 Å². The maximum absolute atomic E-state index is 12.2. The molecule has 0 spiro atoms. The van der Waals surface area contributed by atoms with Gasteiger partial charge in [-0.15, -0.1) is 0 Å². The Morgan fingerprint density at radius 2 is 1.61 bits per heavy atom. The van der Waals surface area contributed by atoms with Crippen LogP contribution in [0, 0.1) is 0 Å². The van der Waals surface area contributed by atoms with E-state index in [0.717, 1.165) is 0 Å². The normalized spacial score (nSPS) is 11.7. The lowest BCUT2D eigenvalue weighted by molar-refractivity contribution is 0.462. The molecule has 1 atom stereocenters. The van der Waals surface area contributed by atoms with Gasteiger partial charge >= 0.3 is 0 Å². The van der Waals surface area contributed by atoms with Crippen molar-refractivity contribution in [3.8, 4) is 11.6 Å². The van der Waals surface area contributed by atoms with Gasteiger partial charge in [0.1, 0.15) is 10.9 Å². The van der Waals surface area contributed by atoms with E-state index in [1.165, 1.54) is 6.07 Å². The summed E-state index contributed by atoms with van der Waals surface area (Å²) in [6.45, 7) is 0. The number of hydrogen-bond acceptors (Lipinski definition) is 4. The Hall–Kier alpha value is -2.44. The van der Waals surface area contributed by atoms with Gasteiger partial charge in [0.2, 0.25) is 11.8 Å². The molecular formula is C16H12ClN3O2S. The van der Waals surface area contributed by atoms with Crippen LogP contribution >= 0.6 is 11.6 Å². The molecule has 0 saturated heterocycles. The van der Waals surface area contributed by atoms with E-state index in [-0.39, 0.29) is 17.0 Å². The number of nitrogens with one attached hydrogen (secondary N) is 1. The van der Waals surface area contributed by atoms with Crippen molar-refractivity contribution < 1.29 is 8.95 Å². The highest BCUT2D eigenvalue weighted by atomic mass is 35.5. The molecule has 1 aromatic heterocycles. The number of ether oxygens (including phenoxy) is 1. The Labute approximate surface area is 140 Å². The van der Waals surface area contributed by atoms with Crippen molar-refractivity contribution in [3.63, 3.8) is 0 Å². The molecule has 0 aliphatic heterocycles. The molecule has 0 aliphatic rings. The van der Waals surface area contributed by atoms with Gasteiger partial charge in [-0.05, 0) is 24.3 Å². The fourth-order valence-corrected chi connectivity index (χ4v) is 2.74. The molecule has 0 radical (unpaired) electrons. The Bertz CT molecular complexity index is 816. The summed E-state index contributed by atoms with van der Waals surface area (Å²) in [5.74, 6) is 1.02. The van der Waals surface area contributed by atoms with Gasteiger partial charge in [0.25, 0.3) is 0 Å². The summed E-state index contributed by atoms with van der Waals surface area (Å²) in [4.78, 5) is 8.80. The van der Waals surface area contributed by atoms with E-state index in [2.05, 4.69) is 14.7 Å². The van der Waals surface area contributed by atoms with Crippen molar-refractivity contribution in [2.45, 2.75) is 4.90 Å². The molecule has 0 bridgehead atoms. The van der Waals surface area contributed by atoms with E-state index in [4.69, 9.17) is 16.3 Å². The standard InChI is InChI=1S/C16H12ClN3O2S/c17-14-11-15(22-12-7-3-1-4-8-12)19-16(18-14)20-23(21)13-9-5-2-6-10-13/h1-11H,(H,18,19,20). The van der Waals surface area contributed by atoms with Gasteiger partial charge in [-0.3, -0.25) is 4.72 Å². The highest BCUT2D eigenvalue weighted by molar-refractivity contribution is 7.86. The minimum Gasteiger partial charge on any atom is -0.439 e. The van der Waals surface area contributed by atoms with Crippen molar-refractivity contribution in [3.05, 3.63) is 71.9 Å². The zero-order valence-corrected chi connectivity index (χ0v) is 13.4. The van der Waals surface area contributed by atoms with Gasteiger partial charge in [0.05, 0.1) is 4.90 Å². The molecule has 1 unspecified atom stereocenters. The second-order valence-corrected chi connectivity index (χ2v) is 6.05. The predicted octanol–water partition coefficient (Wildman–Crippen LogP) is 4.06. The van der Waals surface area contributed by atoms with Crippen molar-refractivity contribution in [2.24, 2.45) is 0 Å². The third kappa shape index (κ3) is 4.28. The molecule has 0 aliphatic carbocycles. The summed E-state index contributed by atoms with van der Waals surface area (Å²) in [7, 11) is -1.49. The van der Waals surface area contributed by atoms with Crippen LogP contribution in [0.2, 0.25) is 5.15 Å². The van der Waals surface area contributed by atoms with Crippen LogP contribution in [0.5, 0.6) is 11.6 Å². The molecule has 116 valence electrons. The average molecular weight is 346 g/mol. The van der Waals surface area contributed by atoms with E-state index in [1.54, 1.807) is 36.4 Å². The highest BCUT2D eigenvalue weighted by Crippen LogP contribution is 2.23. The van der Waals surface area contributed by atoms with Crippen LogP contribution in [0.4, 0.5) is 5.95 Å². The molecule has 0 amide bonds. The molecule has 3 aromatic rings. The van der Waals surface area contributed by atoms with E-state index in [1.807, 2.05) is 24.3 Å². The Kier molecular flexibility index (Phi) is 4.85. The monoisotopic (exact) mass is 345 g/mol. The fourth-order valence-electron chi connectivity index (χ4n) is 1.79. The summed E-state index contributed by atoms with van der Waals surface area (Å²) in [6.07, 6.45) is 0. The van der Waals surface area contributed by atoms with Crippen molar-refractivity contribution in [1.82, 2.24) is 9.97 Å². The maximum atomic E-state index is 12.2. The van der Waals surface area contributed by atoms with Crippen LogP contribution in [0.3, 0.4) is 0 Å². The van der Waals surface area contributed by atoms with Gasteiger partial charge in [-0.2, -0.15) is 4.98 Å². The molecule has 2 aromatic carbocycles. The summed E-state index contributed by atoms with van der Waals surface area (Å²) in [5, 5.41) is 0.193. The predicted molar refractivity (Wildman–Crippen MR) is 90.0 cm³/mol. The lowest BCUT2D eigenvalue weighted by Crippen LogP contribution is -2.08. The number of rotatable bonds is 5. The molecule has 1 N–H and O–H groups in total. The van der Waals surface area contributed by atoms with Crippen molar-refractivity contribution in [1.29, 1.82) is 0 Å². The molecule has 0 fully saturated rings. The average Bonchev–Trinajstić information content (AvgIpc) is 2.56. The minimum atomic E-state index is -1.49. The zero-order chi connectivity index (χ0) is 16.1. The van der Waals surface area contributed by atoms with Crippen molar-refractivity contribution in [2.75, 3.05) is 4.72 Å². The number of halogens is 1.